The van der Waals surface area contributed by atoms with Crippen molar-refractivity contribution >= 4 is 15.9 Å². The molecule has 2 unspecified atom stereocenters. The summed E-state index contributed by atoms with van der Waals surface area (Å²) in [6, 6.07) is 5.55. The van der Waals surface area contributed by atoms with Crippen LogP contribution in [0.2, 0.25) is 0 Å². The molecule has 2 atom stereocenters. The van der Waals surface area contributed by atoms with Crippen LogP contribution in [-0.4, -0.2) is 25.8 Å². The van der Waals surface area contributed by atoms with Crippen LogP contribution in [0.1, 0.15) is 32.3 Å². The largest absolute Gasteiger partial charge is 0.382 e. The standard InChI is InChI=1S/C15H23BrFNO/c1-4-18-14(8-5-11(2)19-3)9-12-6-7-13(16)10-15(12)17/h6-7,10-11,14,18H,4-5,8-9H2,1-3H3. The lowest BCUT2D eigenvalue weighted by atomic mass is 10.00. The van der Waals surface area contributed by atoms with Gasteiger partial charge in [-0.25, -0.2) is 4.39 Å². The van der Waals surface area contributed by atoms with Crippen molar-refractivity contribution in [1.82, 2.24) is 5.32 Å². The van der Waals surface area contributed by atoms with E-state index in [1.807, 2.05) is 12.1 Å². The normalized spacial score (nSPS) is 14.4. The molecule has 0 heterocycles. The molecule has 4 heteroatoms. The Balaban J connectivity index is 2.61. The molecule has 0 aromatic heterocycles. The minimum absolute atomic E-state index is 0.142. The van der Waals surface area contributed by atoms with Gasteiger partial charge in [0, 0.05) is 17.6 Å². The maximum Gasteiger partial charge on any atom is 0.127 e. The molecule has 0 radical (unpaired) electrons. The maximum absolute atomic E-state index is 13.8. The summed E-state index contributed by atoms with van der Waals surface area (Å²) in [6.45, 7) is 5.03. The number of ether oxygens (including phenoxy) is 1. The quantitative estimate of drug-likeness (QED) is 0.779. The molecule has 0 aliphatic carbocycles. The summed E-state index contributed by atoms with van der Waals surface area (Å²) >= 11 is 3.28. The highest BCUT2D eigenvalue weighted by Gasteiger charge is 2.13. The van der Waals surface area contributed by atoms with E-state index in [1.165, 1.54) is 6.07 Å². The van der Waals surface area contributed by atoms with Crippen molar-refractivity contribution in [2.45, 2.75) is 45.3 Å². The Labute approximate surface area is 123 Å². The van der Waals surface area contributed by atoms with E-state index in [1.54, 1.807) is 7.11 Å². The Morgan fingerprint density at radius 1 is 1.37 bits per heavy atom. The third-order valence-corrected chi connectivity index (χ3v) is 3.79. The molecule has 0 aliphatic heterocycles. The highest BCUT2D eigenvalue weighted by Crippen LogP contribution is 2.18. The fourth-order valence-corrected chi connectivity index (χ4v) is 2.40. The minimum Gasteiger partial charge on any atom is -0.382 e. The Hall–Kier alpha value is -0.450. The molecule has 108 valence electrons. The smallest absolute Gasteiger partial charge is 0.127 e. The molecule has 0 saturated heterocycles. The average Bonchev–Trinajstić information content (AvgIpc) is 2.38. The lowest BCUT2D eigenvalue weighted by Gasteiger charge is -2.20. The molecule has 0 fully saturated rings. The predicted octanol–water partition coefficient (Wildman–Crippen LogP) is 3.92. The van der Waals surface area contributed by atoms with Crippen LogP contribution in [0.25, 0.3) is 0 Å². The SMILES string of the molecule is CCNC(CCC(C)OC)Cc1ccc(Br)cc1F. The number of benzene rings is 1. The monoisotopic (exact) mass is 331 g/mol. The van der Waals surface area contributed by atoms with Gasteiger partial charge in [0.25, 0.3) is 0 Å². The lowest BCUT2D eigenvalue weighted by molar-refractivity contribution is 0.106. The van der Waals surface area contributed by atoms with Crippen LogP contribution in [0.3, 0.4) is 0 Å². The van der Waals surface area contributed by atoms with Crippen molar-refractivity contribution in [2.24, 2.45) is 0 Å². The van der Waals surface area contributed by atoms with Gasteiger partial charge < -0.3 is 10.1 Å². The van der Waals surface area contributed by atoms with Gasteiger partial charge in [0.15, 0.2) is 0 Å². The number of nitrogens with one attached hydrogen (secondary N) is 1. The lowest BCUT2D eigenvalue weighted by Crippen LogP contribution is -2.32. The van der Waals surface area contributed by atoms with Gasteiger partial charge in [-0.05, 0) is 50.4 Å². The van der Waals surface area contributed by atoms with Crippen LogP contribution >= 0.6 is 15.9 Å². The van der Waals surface area contributed by atoms with E-state index >= 15 is 0 Å². The summed E-state index contributed by atoms with van der Waals surface area (Å²) in [4.78, 5) is 0. The van der Waals surface area contributed by atoms with Crippen LogP contribution in [0, 0.1) is 5.82 Å². The maximum atomic E-state index is 13.8. The Morgan fingerprint density at radius 2 is 2.11 bits per heavy atom. The van der Waals surface area contributed by atoms with Gasteiger partial charge in [0.1, 0.15) is 5.82 Å². The number of rotatable bonds is 8. The van der Waals surface area contributed by atoms with E-state index in [4.69, 9.17) is 4.74 Å². The van der Waals surface area contributed by atoms with Crippen LogP contribution in [0.4, 0.5) is 4.39 Å². The highest BCUT2D eigenvalue weighted by molar-refractivity contribution is 9.10. The van der Waals surface area contributed by atoms with Crippen LogP contribution < -0.4 is 5.32 Å². The van der Waals surface area contributed by atoms with Gasteiger partial charge in [-0.2, -0.15) is 0 Å². The van der Waals surface area contributed by atoms with Crippen molar-refractivity contribution in [3.05, 3.63) is 34.1 Å². The third-order valence-electron chi connectivity index (χ3n) is 3.30. The van der Waals surface area contributed by atoms with E-state index in [9.17, 15) is 4.39 Å². The molecular formula is C15H23BrFNO. The first-order chi connectivity index (χ1) is 9.06. The van der Waals surface area contributed by atoms with E-state index in [0.717, 1.165) is 29.4 Å². The van der Waals surface area contributed by atoms with Gasteiger partial charge >= 0.3 is 0 Å². The van der Waals surface area contributed by atoms with Crippen molar-refractivity contribution < 1.29 is 9.13 Å². The molecule has 0 bridgehead atoms. The molecule has 0 spiro atoms. The Morgan fingerprint density at radius 3 is 2.68 bits per heavy atom. The first-order valence-electron chi connectivity index (χ1n) is 6.76. The van der Waals surface area contributed by atoms with E-state index in [-0.39, 0.29) is 11.9 Å². The van der Waals surface area contributed by atoms with Crippen molar-refractivity contribution in [3.8, 4) is 0 Å². The fraction of sp³-hybridized carbons (Fsp3) is 0.600. The Bertz CT molecular complexity index is 386. The fourth-order valence-electron chi connectivity index (χ4n) is 2.07. The molecule has 1 aromatic carbocycles. The summed E-state index contributed by atoms with van der Waals surface area (Å²) < 4.78 is 19.9. The number of hydrogen-bond donors (Lipinski definition) is 1. The summed E-state index contributed by atoms with van der Waals surface area (Å²) in [5.41, 5.74) is 0.763. The second-order valence-electron chi connectivity index (χ2n) is 4.82. The number of hydrogen-bond acceptors (Lipinski definition) is 2. The number of halogens is 2. The van der Waals surface area contributed by atoms with Gasteiger partial charge in [0.05, 0.1) is 6.10 Å². The zero-order chi connectivity index (χ0) is 14.3. The van der Waals surface area contributed by atoms with Gasteiger partial charge in [-0.1, -0.05) is 28.9 Å². The van der Waals surface area contributed by atoms with Crippen molar-refractivity contribution in [2.75, 3.05) is 13.7 Å². The molecule has 1 aromatic rings. The van der Waals surface area contributed by atoms with E-state index in [2.05, 4.69) is 35.1 Å². The first kappa shape index (κ1) is 16.6. The van der Waals surface area contributed by atoms with Crippen molar-refractivity contribution in [3.63, 3.8) is 0 Å². The third kappa shape index (κ3) is 6.02. The topological polar surface area (TPSA) is 21.3 Å². The number of likely N-dealkylation sites (N-methyl/N-ethyl adjacent to an activating group) is 1. The summed E-state index contributed by atoms with van der Waals surface area (Å²) in [6.07, 6.45) is 2.92. The average molecular weight is 332 g/mol. The minimum atomic E-state index is -0.142. The van der Waals surface area contributed by atoms with Crippen LogP contribution in [0.15, 0.2) is 22.7 Å². The highest BCUT2D eigenvalue weighted by atomic mass is 79.9. The van der Waals surface area contributed by atoms with E-state index in [0.29, 0.717) is 12.5 Å². The molecule has 0 amide bonds. The first-order valence-corrected chi connectivity index (χ1v) is 7.56. The predicted molar refractivity (Wildman–Crippen MR) is 81.0 cm³/mol. The zero-order valence-electron chi connectivity index (χ0n) is 11.9. The molecule has 1 rings (SSSR count). The molecule has 0 saturated carbocycles. The molecule has 2 nitrogen and oxygen atoms in total. The van der Waals surface area contributed by atoms with Crippen LogP contribution in [-0.2, 0) is 11.2 Å². The summed E-state index contributed by atoms with van der Waals surface area (Å²) in [5.74, 6) is -0.142. The molecular weight excluding hydrogens is 309 g/mol. The zero-order valence-corrected chi connectivity index (χ0v) is 13.5. The van der Waals surface area contributed by atoms with E-state index < -0.39 is 0 Å². The van der Waals surface area contributed by atoms with Crippen LogP contribution in [0.5, 0.6) is 0 Å². The molecule has 1 N–H and O–H groups in total. The second-order valence-corrected chi connectivity index (χ2v) is 5.73. The second kappa shape index (κ2) is 8.67. The van der Waals surface area contributed by atoms with Gasteiger partial charge in [-0.15, -0.1) is 0 Å². The molecule has 19 heavy (non-hydrogen) atoms. The van der Waals surface area contributed by atoms with Gasteiger partial charge in [-0.3, -0.25) is 0 Å². The Kier molecular flexibility index (Phi) is 7.57. The van der Waals surface area contributed by atoms with Gasteiger partial charge in [0.2, 0.25) is 0 Å². The summed E-state index contributed by atoms with van der Waals surface area (Å²) in [5, 5.41) is 3.42. The number of methoxy groups -OCH3 is 1. The summed E-state index contributed by atoms with van der Waals surface area (Å²) in [7, 11) is 1.72. The molecule has 0 aliphatic rings. The van der Waals surface area contributed by atoms with Crippen molar-refractivity contribution in [1.29, 1.82) is 0 Å².